The van der Waals surface area contributed by atoms with Crippen molar-refractivity contribution in [3.63, 3.8) is 0 Å². The van der Waals surface area contributed by atoms with E-state index in [-0.39, 0.29) is 12.4 Å². The lowest BCUT2D eigenvalue weighted by atomic mass is 10.0. The standard InChI is InChI=1S/C7H14O4/c1-4-7(9)5(8)3-6(10-2)11-4/h4-9H,3H2,1-2H3/t4-,5+,6?,7+/m1/s1. The topological polar surface area (TPSA) is 58.9 Å². The molecule has 1 aliphatic heterocycles. The first kappa shape index (κ1) is 8.93. The summed E-state index contributed by atoms with van der Waals surface area (Å²) in [5, 5.41) is 18.5. The van der Waals surface area contributed by atoms with E-state index in [2.05, 4.69) is 0 Å². The van der Waals surface area contributed by atoms with Crippen molar-refractivity contribution in [2.24, 2.45) is 0 Å². The largest absolute Gasteiger partial charge is 0.390 e. The van der Waals surface area contributed by atoms with Gasteiger partial charge in [0.15, 0.2) is 6.29 Å². The molecular weight excluding hydrogens is 148 g/mol. The Morgan fingerprint density at radius 2 is 2.09 bits per heavy atom. The first-order valence-electron chi connectivity index (χ1n) is 3.69. The van der Waals surface area contributed by atoms with Crippen molar-refractivity contribution in [3.8, 4) is 0 Å². The summed E-state index contributed by atoms with van der Waals surface area (Å²) in [4.78, 5) is 0. The van der Waals surface area contributed by atoms with E-state index in [1.54, 1.807) is 6.92 Å². The van der Waals surface area contributed by atoms with Crippen LogP contribution < -0.4 is 0 Å². The van der Waals surface area contributed by atoms with Crippen molar-refractivity contribution in [3.05, 3.63) is 0 Å². The van der Waals surface area contributed by atoms with Gasteiger partial charge in [0.25, 0.3) is 0 Å². The minimum absolute atomic E-state index is 0.335. The van der Waals surface area contributed by atoms with Gasteiger partial charge in [0.05, 0.1) is 12.2 Å². The monoisotopic (exact) mass is 162 g/mol. The Kier molecular flexibility index (Phi) is 2.84. The van der Waals surface area contributed by atoms with Gasteiger partial charge >= 0.3 is 0 Å². The smallest absolute Gasteiger partial charge is 0.160 e. The van der Waals surface area contributed by atoms with Crippen LogP contribution in [0.4, 0.5) is 0 Å². The van der Waals surface area contributed by atoms with Gasteiger partial charge in [-0.15, -0.1) is 0 Å². The van der Waals surface area contributed by atoms with Crippen LogP contribution in [0, 0.1) is 0 Å². The molecule has 0 radical (unpaired) electrons. The summed E-state index contributed by atoms with van der Waals surface area (Å²) < 4.78 is 10.1. The van der Waals surface area contributed by atoms with E-state index in [0.29, 0.717) is 6.42 Å². The van der Waals surface area contributed by atoms with Crippen molar-refractivity contribution >= 4 is 0 Å². The zero-order valence-corrected chi connectivity index (χ0v) is 6.73. The van der Waals surface area contributed by atoms with E-state index in [9.17, 15) is 10.2 Å². The highest BCUT2D eigenvalue weighted by Gasteiger charge is 2.33. The third kappa shape index (κ3) is 1.90. The second-order valence-electron chi connectivity index (χ2n) is 2.80. The van der Waals surface area contributed by atoms with Crippen molar-refractivity contribution in [1.82, 2.24) is 0 Å². The molecule has 0 bridgehead atoms. The molecular formula is C7H14O4. The highest BCUT2D eigenvalue weighted by Crippen LogP contribution is 2.19. The lowest BCUT2D eigenvalue weighted by Gasteiger charge is -2.34. The molecule has 1 heterocycles. The van der Waals surface area contributed by atoms with Crippen LogP contribution in [-0.4, -0.2) is 41.9 Å². The summed E-state index contributed by atoms with van der Waals surface area (Å²) in [6, 6.07) is 0. The van der Waals surface area contributed by atoms with Crippen LogP contribution in [0.3, 0.4) is 0 Å². The van der Waals surface area contributed by atoms with Gasteiger partial charge < -0.3 is 19.7 Å². The van der Waals surface area contributed by atoms with Crippen LogP contribution in [0.2, 0.25) is 0 Å². The summed E-state index contributed by atoms with van der Waals surface area (Å²) in [5.74, 6) is 0. The van der Waals surface area contributed by atoms with Crippen LogP contribution in [0.5, 0.6) is 0 Å². The third-order valence-electron chi connectivity index (χ3n) is 1.94. The number of aliphatic hydroxyl groups excluding tert-OH is 2. The van der Waals surface area contributed by atoms with Crippen LogP contribution in [0.15, 0.2) is 0 Å². The van der Waals surface area contributed by atoms with Crippen molar-refractivity contribution in [2.45, 2.75) is 37.9 Å². The van der Waals surface area contributed by atoms with Crippen molar-refractivity contribution < 1.29 is 19.7 Å². The van der Waals surface area contributed by atoms with Crippen molar-refractivity contribution in [1.29, 1.82) is 0 Å². The number of rotatable bonds is 1. The Labute approximate surface area is 65.7 Å². The highest BCUT2D eigenvalue weighted by atomic mass is 16.7. The number of hydrogen-bond donors (Lipinski definition) is 2. The second-order valence-corrected chi connectivity index (χ2v) is 2.80. The molecule has 1 saturated heterocycles. The first-order valence-corrected chi connectivity index (χ1v) is 3.69. The summed E-state index contributed by atoms with van der Waals surface area (Å²) >= 11 is 0. The Bertz CT molecular complexity index is 116. The van der Waals surface area contributed by atoms with Gasteiger partial charge in [0.1, 0.15) is 6.10 Å². The number of ether oxygens (including phenoxy) is 2. The minimum Gasteiger partial charge on any atom is -0.390 e. The average molecular weight is 162 g/mol. The maximum atomic E-state index is 9.24. The molecule has 0 aromatic carbocycles. The predicted octanol–water partition coefficient (Wildman–Crippen LogP) is -0.510. The Balaban J connectivity index is 2.47. The van der Waals surface area contributed by atoms with E-state index >= 15 is 0 Å². The maximum absolute atomic E-state index is 9.24. The molecule has 0 saturated carbocycles. The summed E-state index contributed by atoms with van der Waals surface area (Å²) in [6.45, 7) is 1.71. The van der Waals surface area contributed by atoms with Gasteiger partial charge in [-0.3, -0.25) is 0 Å². The number of hydrogen-bond acceptors (Lipinski definition) is 4. The molecule has 0 aromatic heterocycles. The minimum atomic E-state index is -0.790. The Morgan fingerprint density at radius 1 is 1.45 bits per heavy atom. The van der Waals surface area contributed by atoms with E-state index in [4.69, 9.17) is 9.47 Å². The molecule has 66 valence electrons. The van der Waals surface area contributed by atoms with Gasteiger partial charge in [0.2, 0.25) is 0 Å². The lowest BCUT2D eigenvalue weighted by Crippen LogP contribution is -2.47. The molecule has 0 aromatic rings. The van der Waals surface area contributed by atoms with E-state index in [1.165, 1.54) is 7.11 Å². The molecule has 1 rings (SSSR count). The van der Waals surface area contributed by atoms with Gasteiger partial charge in [-0.05, 0) is 6.92 Å². The molecule has 4 atom stereocenters. The molecule has 0 aliphatic carbocycles. The van der Waals surface area contributed by atoms with Crippen molar-refractivity contribution in [2.75, 3.05) is 7.11 Å². The average Bonchev–Trinajstić information content (AvgIpc) is 1.99. The molecule has 0 spiro atoms. The van der Waals surface area contributed by atoms with E-state index < -0.39 is 12.2 Å². The van der Waals surface area contributed by atoms with Crippen LogP contribution in [-0.2, 0) is 9.47 Å². The predicted molar refractivity (Wildman–Crippen MR) is 38.0 cm³/mol. The maximum Gasteiger partial charge on any atom is 0.160 e. The van der Waals surface area contributed by atoms with Crippen LogP contribution >= 0.6 is 0 Å². The Hall–Kier alpha value is -0.160. The molecule has 2 N–H and O–H groups in total. The molecule has 0 amide bonds. The fourth-order valence-corrected chi connectivity index (χ4v) is 1.18. The summed E-state index contributed by atoms with van der Waals surface area (Å²) in [7, 11) is 1.52. The second kappa shape index (κ2) is 3.49. The lowest BCUT2D eigenvalue weighted by molar-refractivity contribution is -0.237. The van der Waals surface area contributed by atoms with Gasteiger partial charge in [-0.25, -0.2) is 0 Å². The quantitative estimate of drug-likeness (QED) is 0.545. The molecule has 4 nitrogen and oxygen atoms in total. The molecule has 1 unspecified atom stereocenters. The molecule has 11 heavy (non-hydrogen) atoms. The van der Waals surface area contributed by atoms with Crippen LogP contribution in [0.1, 0.15) is 13.3 Å². The zero-order valence-electron chi connectivity index (χ0n) is 6.73. The van der Waals surface area contributed by atoms with E-state index in [1.807, 2.05) is 0 Å². The Morgan fingerprint density at radius 3 is 2.55 bits per heavy atom. The van der Waals surface area contributed by atoms with Gasteiger partial charge in [-0.2, -0.15) is 0 Å². The normalized spacial score (nSPS) is 45.8. The SMILES string of the molecule is COC1C[C@H](O)[C@@H](O)[C@@H](C)O1. The number of methoxy groups -OCH3 is 1. The molecule has 1 aliphatic rings. The van der Waals surface area contributed by atoms with Gasteiger partial charge in [-0.1, -0.05) is 0 Å². The first-order chi connectivity index (χ1) is 5.15. The summed E-state index contributed by atoms with van der Waals surface area (Å²) in [5.41, 5.74) is 0. The van der Waals surface area contributed by atoms with Crippen LogP contribution in [0.25, 0.3) is 0 Å². The number of aliphatic hydroxyl groups is 2. The molecule has 1 fully saturated rings. The molecule has 4 heteroatoms. The highest BCUT2D eigenvalue weighted by molar-refractivity contribution is 4.79. The third-order valence-corrected chi connectivity index (χ3v) is 1.94. The van der Waals surface area contributed by atoms with Gasteiger partial charge in [0, 0.05) is 13.5 Å². The van der Waals surface area contributed by atoms with E-state index in [0.717, 1.165) is 0 Å². The zero-order chi connectivity index (χ0) is 8.43. The summed E-state index contributed by atoms with van der Waals surface area (Å²) in [6.07, 6.45) is -1.93. The fourth-order valence-electron chi connectivity index (χ4n) is 1.18. The fraction of sp³-hybridized carbons (Fsp3) is 1.00.